The van der Waals surface area contributed by atoms with Crippen LogP contribution in [0, 0.1) is 23.2 Å². The molecule has 0 aromatic heterocycles. The van der Waals surface area contributed by atoms with E-state index in [0.717, 1.165) is 37.0 Å². The second-order valence-electron chi connectivity index (χ2n) is 7.44. The van der Waals surface area contributed by atoms with Crippen molar-refractivity contribution in [1.29, 1.82) is 0 Å². The Morgan fingerprint density at radius 3 is 3.00 bits per heavy atom. The second kappa shape index (κ2) is 4.07. The molecule has 1 heteroatoms. The van der Waals surface area contributed by atoms with Gasteiger partial charge in [-0.2, -0.15) is 0 Å². The van der Waals surface area contributed by atoms with Gasteiger partial charge in [0.05, 0.1) is 0 Å². The van der Waals surface area contributed by atoms with Crippen LogP contribution in [0.5, 0.6) is 0 Å². The van der Waals surface area contributed by atoms with E-state index in [9.17, 15) is 4.79 Å². The highest BCUT2D eigenvalue weighted by Crippen LogP contribution is 2.58. The topological polar surface area (TPSA) is 17.1 Å². The fraction of sp³-hybridized carbons (Fsp3) is 0.722. The molecule has 0 aromatic rings. The Morgan fingerprint density at radius 2 is 2.11 bits per heavy atom. The molecule has 4 atom stereocenters. The van der Waals surface area contributed by atoms with Crippen LogP contribution < -0.4 is 0 Å². The van der Waals surface area contributed by atoms with Gasteiger partial charge in [0.15, 0.2) is 0 Å². The Morgan fingerprint density at radius 1 is 1.21 bits per heavy atom. The van der Waals surface area contributed by atoms with Crippen LogP contribution in [-0.2, 0) is 4.79 Å². The molecule has 1 fully saturated rings. The number of rotatable bonds is 0. The maximum Gasteiger partial charge on any atom is 0.137 e. The first-order valence-electron chi connectivity index (χ1n) is 8.07. The van der Waals surface area contributed by atoms with Crippen LogP contribution in [0.15, 0.2) is 23.3 Å². The van der Waals surface area contributed by atoms with E-state index in [4.69, 9.17) is 0 Å². The summed E-state index contributed by atoms with van der Waals surface area (Å²) in [7, 11) is 0. The number of carbonyl (C=O) groups excluding carboxylic acids is 1. The van der Waals surface area contributed by atoms with Crippen molar-refractivity contribution in [2.45, 2.75) is 58.3 Å². The second-order valence-corrected chi connectivity index (χ2v) is 7.44. The molecular weight excluding hydrogens is 232 g/mol. The van der Waals surface area contributed by atoms with Gasteiger partial charge in [-0.05, 0) is 61.7 Å². The number of fused-ring (bicyclic) bond motifs is 4. The maximum atomic E-state index is 11.7. The largest absolute Gasteiger partial charge is 0.299 e. The van der Waals surface area contributed by atoms with Gasteiger partial charge in [0.1, 0.15) is 5.78 Å². The quantitative estimate of drug-likeness (QED) is 0.586. The average Bonchev–Trinajstić information content (AvgIpc) is 2.79. The highest BCUT2D eigenvalue weighted by Gasteiger charge is 2.49. The van der Waals surface area contributed by atoms with E-state index in [-0.39, 0.29) is 0 Å². The zero-order chi connectivity index (χ0) is 13.0. The van der Waals surface area contributed by atoms with Crippen molar-refractivity contribution in [3.63, 3.8) is 0 Å². The smallest absolute Gasteiger partial charge is 0.137 e. The lowest BCUT2D eigenvalue weighted by Gasteiger charge is -2.50. The van der Waals surface area contributed by atoms with Gasteiger partial charge in [-0.15, -0.1) is 0 Å². The summed E-state index contributed by atoms with van der Waals surface area (Å²) in [6, 6.07) is 0. The summed E-state index contributed by atoms with van der Waals surface area (Å²) in [5, 5.41) is 0. The molecule has 0 saturated heterocycles. The molecule has 4 aliphatic rings. The molecule has 0 radical (unpaired) electrons. The average molecular weight is 256 g/mol. The van der Waals surface area contributed by atoms with Crippen molar-refractivity contribution >= 4 is 5.78 Å². The first kappa shape index (κ1) is 11.9. The molecule has 0 amide bonds. The van der Waals surface area contributed by atoms with Crippen molar-refractivity contribution in [3.8, 4) is 0 Å². The molecule has 4 aliphatic carbocycles. The minimum atomic E-state index is 0.486. The van der Waals surface area contributed by atoms with E-state index in [1.165, 1.54) is 32.1 Å². The van der Waals surface area contributed by atoms with Crippen molar-refractivity contribution in [1.82, 2.24) is 0 Å². The van der Waals surface area contributed by atoms with Crippen molar-refractivity contribution in [3.05, 3.63) is 23.3 Å². The third kappa shape index (κ3) is 1.70. The number of hydrogen-bond donors (Lipinski definition) is 0. The third-order valence-corrected chi connectivity index (χ3v) is 6.53. The molecule has 1 saturated carbocycles. The Hall–Kier alpha value is -0.850. The van der Waals surface area contributed by atoms with Gasteiger partial charge in [0, 0.05) is 12.8 Å². The number of allylic oxidation sites excluding steroid dienone is 4. The number of ketones is 1. The zero-order valence-corrected chi connectivity index (χ0v) is 12.0. The van der Waals surface area contributed by atoms with Gasteiger partial charge in [-0.3, -0.25) is 4.79 Å². The number of hydrogen-bond acceptors (Lipinski definition) is 1. The Kier molecular flexibility index (Phi) is 2.56. The van der Waals surface area contributed by atoms with Crippen molar-refractivity contribution in [2.24, 2.45) is 23.2 Å². The van der Waals surface area contributed by atoms with Crippen molar-refractivity contribution < 1.29 is 4.79 Å². The van der Waals surface area contributed by atoms with Crippen LogP contribution in [0.25, 0.3) is 0 Å². The first-order valence-corrected chi connectivity index (χ1v) is 8.07. The standard InChI is InChI=1S/C18H24O/c1-18-9-2-3-17(18)16-6-4-12-11-13(19)5-7-14(12)15(16)8-10-18/h2,9,15-17H,3-8,10-11H2,1H3/t15?,16?,17?,18-/m0/s1. The van der Waals surface area contributed by atoms with E-state index in [0.29, 0.717) is 11.2 Å². The van der Waals surface area contributed by atoms with Gasteiger partial charge >= 0.3 is 0 Å². The summed E-state index contributed by atoms with van der Waals surface area (Å²) >= 11 is 0. The van der Waals surface area contributed by atoms with Crippen LogP contribution in [-0.4, -0.2) is 5.78 Å². The molecule has 0 aromatic carbocycles. The molecular formula is C18H24O. The summed E-state index contributed by atoms with van der Waals surface area (Å²) in [6.45, 7) is 2.48. The molecule has 0 aliphatic heterocycles. The van der Waals surface area contributed by atoms with Gasteiger partial charge < -0.3 is 0 Å². The van der Waals surface area contributed by atoms with Crippen LogP contribution in [0.2, 0.25) is 0 Å². The van der Waals surface area contributed by atoms with Gasteiger partial charge in [-0.25, -0.2) is 0 Å². The SMILES string of the molecule is C[C@@]12C=CCC1C1CCC3=C(CCC(=O)C3)C1CC2. The van der Waals surface area contributed by atoms with Crippen LogP contribution in [0.4, 0.5) is 0 Å². The Balaban J connectivity index is 1.66. The van der Waals surface area contributed by atoms with Gasteiger partial charge in [-0.1, -0.05) is 30.2 Å². The van der Waals surface area contributed by atoms with Crippen molar-refractivity contribution in [2.75, 3.05) is 0 Å². The maximum absolute atomic E-state index is 11.7. The summed E-state index contributed by atoms with van der Waals surface area (Å²) in [5.74, 6) is 3.11. The predicted molar refractivity (Wildman–Crippen MR) is 76.7 cm³/mol. The fourth-order valence-electron chi connectivity index (χ4n) is 5.53. The molecule has 0 heterocycles. The summed E-state index contributed by atoms with van der Waals surface area (Å²) in [5.41, 5.74) is 3.76. The summed E-state index contributed by atoms with van der Waals surface area (Å²) in [4.78, 5) is 11.7. The lowest BCUT2D eigenvalue weighted by atomic mass is 9.54. The lowest BCUT2D eigenvalue weighted by Crippen LogP contribution is -2.41. The first-order chi connectivity index (χ1) is 9.17. The highest BCUT2D eigenvalue weighted by atomic mass is 16.1. The van der Waals surface area contributed by atoms with E-state index in [2.05, 4.69) is 19.1 Å². The molecule has 0 spiro atoms. The van der Waals surface area contributed by atoms with E-state index in [1.807, 2.05) is 0 Å². The number of Topliss-reactive ketones (excluding diaryl/α,β-unsaturated/α-hetero) is 1. The molecule has 4 rings (SSSR count). The van der Waals surface area contributed by atoms with E-state index < -0.39 is 0 Å². The Bertz CT molecular complexity index is 484. The molecule has 3 unspecified atom stereocenters. The lowest BCUT2D eigenvalue weighted by molar-refractivity contribution is -0.119. The third-order valence-electron chi connectivity index (χ3n) is 6.53. The van der Waals surface area contributed by atoms with E-state index >= 15 is 0 Å². The van der Waals surface area contributed by atoms with Crippen LogP contribution in [0.3, 0.4) is 0 Å². The monoisotopic (exact) mass is 256 g/mol. The molecule has 19 heavy (non-hydrogen) atoms. The normalized spacial score (nSPS) is 44.9. The molecule has 0 bridgehead atoms. The summed E-state index contributed by atoms with van der Waals surface area (Å²) < 4.78 is 0. The predicted octanol–water partition coefficient (Wildman–Crippen LogP) is 4.44. The van der Waals surface area contributed by atoms with E-state index in [1.54, 1.807) is 11.1 Å². The molecule has 102 valence electrons. The Labute approximate surface area is 116 Å². The van der Waals surface area contributed by atoms with Crippen LogP contribution >= 0.6 is 0 Å². The zero-order valence-electron chi connectivity index (χ0n) is 12.0. The van der Waals surface area contributed by atoms with Crippen LogP contribution in [0.1, 0.15) is 58.3 Å². The van der Waals surface area contributed by atoms with Gasteiger partial charge in [0.2, 0.25) is 0 Å². The minimum absolute atomic E-state index is 0.486. The highest BCUT2D eigenvalue weighted by molar-refractivity contribution is 5.82. The molecule has 0 N–H and O–H groups in total. The number of carbonyl (C=O) groups is 1. The fourth-order valence-corrected chi connectivity index (χ4v) is 5.53. The summed E-state index contributed by atoms with van der Waals surface area (Å²) in [6.07, 6.45) is 14.2. The molecule has 1 nitrogen and oxygen atoms in total. The van der Waals surface area contributed by atoms with Gasteiger partial charge in [0.25, 0.3) is 0 Å². The minimum Gasteiger partial charge on any atom is -0.299 e.